The standard InChI is InChI=1S/C11H10Br2O2/c1-2-6-3-7-4-8(12)5-9(13)10(7)15-11(6)14/h3-5,11,14H,2H2,1H3. The number of aliphatic hydroxyl groups excluding tert-OH is 1. The van der Waals surface area contributed by atoms with Gasteiger partial charge >= 0.3 is 0 Å². The van der Waals surface area contributed by atoms with Crippen LogP contribution in [-0.4, -0.2) is 11.4 Å². The smallest absolute Gasteiger partial charge is 0.220 e. The Bertz CT molecular complexity index is 427. The third kappa shape index (κ3) is 2.12. The lowest BCUT2D eigenvalue weighted by molar-refractivity contribution is 0.0102. The highest BCUT2D eigenvalue weighted by Gasteiger charge is 2.21. The normalized spacial score (nSPS) is 19.2. The van der Waals surface area contributed by atoms with Gasteiger partial charge in [-0.1, -0.05) is 22.9 Å². The van der Waals surface area contributed by atoms with Crippen molar-refractivity contribution in [2.75, 3.05) is 0 Å². The van der Waals surface area contributed by atoms with Gasteiger partial charge in [0.2, 0.25) is 6.29 Å². The van der Waals surface area contributed by atoms with Crippen LogP contribution in [0.3, 0.4) is 0 Å². The van der Waals surface area contributed by atoms with Crippen molar-refractivity contribution in [1.29, 1.82) is 0 Å². The Hall–Kier alpha value is -0.320. The highest BCUT2D eigenvalue weighted by atomic mass is 79.9. The van der Waals surface area contributed by atoms with Crippen molar-refractivity contribution in [3.63, 3.8) is 0 Å². The predicted molar refractivity (Wildman–Crippen MR) is 66.7 cm³/mol. The fourth-order valence-corrected chi connectivity index (χ4v) is 2.90. The molecule has 1 unspecified atom stereocenters. The Labute approximate surface area is 105 Å². The van der Waals surface area contributed by atoms with Crippen molar-refractivity contribution in [3.8, 4) is 5.75 Å². The van der Waals surface area contributed by atoms with E-state index >= 15 is 0 Å². The summed E-state index contributed by atoms with van der Waals surface area (Å²) in [5, 5.41) is 9.69. The van der Waals surface area contributed by atoms with Crippen LogP contribution < -0.4 is 4.74 Å². The number of fused-ring (bicyclic) bond motifs is 1. The van der Waals surface area contributed by atoms with E-state index in [1.54, 1.807) is 0 Å². The van der Waals surface area contributed by atoms with Gasteiger partial charge in [-0.2, -0.15) is 0 Å². The third-order valence-electron chi connectivity index (χ3n) is 2.33. The number of hydrogen-bond donors (Lipinski definition) is 1. The molecule has 0 fully saturated rings. The molecule has 15 heavy (non-hydrogen) atoms. The van der Waals surface area contributed by atoms with Crippen LogP contribution in [0.1, 0.15) is 18.9 Å². The van der Waals surface area contributed by atoms with Gasteiger partial charge in [-0.05, 0) is 46.1 Å². The summed E-state index contributed by atoms with van der Waals surface area (Å²) in [5.74, 6) is 0.697. The van der Waals surface area contributed by atoms with E-state index in [1.165, 1.54) is 0 Å². The fraction of sp³-hybridized carbons (Fsp3) is 0.273. The minimum Gasteiger partial charge on any atom is -0.459 e. The minimum absolute atomic E-state index is 0.697. The average molecular weight is 334 g/mol. The van der Waals surface area contributed by atoms with Gasteiger partial charge < -0.3 is 9.84 Å². The van der Waals surface area contributed by atoms with Crippen LogP contribution in [0, 0.1) is 0 Å². The molecule has 1 heterocycles. The zero-order chi connectivity index (χ0) is 11.0. The molecule has 2 nitrogen and oxygen atoms in total. The molecule has 1 N–H and O–H groups in total. The van der Waals surface area contributed by atoms with E-state index in [0.717, 1.165) is 26.5 Å². The lowest BCUT2D eigenvalue weighted by Crippen LogP contribution is -2.21. The van der Waals surface area contributed by atoms with Crippen LogP contribution in [0.15, 0.2) is 26.7 Å². The Morgan fingerprint density at radius 3 is 2.80 bits per heavy atom. The second-order valence-electron chi connectivity index (χ2n) is 3.35. The summed E-state index contributed by atoms with van der Waals surface area (Å²) in [6, 6.07) is 3.87. The predicted octanol–water partition coefficient (Wildman–Crippen LogP) is 3.72. The summed E-state index contributed by atoms with van der Waals surface area (Å²) in [6.45, 7) is 2.00. The molecule has 0 radical (unpaired) electrons. The molecule has 0 aromatic heterocycles. The molecule has 0 amide bonds. The monoisotopic (exact) mass is 332 g/mol. The Balaban J connectivity index is 2.55. The maximum atomic E-state index is 9.69. The quantitative estimate of drug-likeness (QED) is 0.848. The zero-order valence-corrected chi connectivity index (χ0v) is 11.3. The number of benzene rings is 1. The maximum absolute atomic E-state index is 9.69. The topological polar surface area (TPSA) is 29.5 Å². The largest absolute Gasteiger partial charge is 0.459 e. The van der Waals surface area contributed by atoms with E-state index in [0.29, 0.717) is 5.75 Å². The zero-order valence-electron chi connectivity index (χ0n) is 8.13. The highest BCUT2D eigenvalue weighted by molar-refractivity contribution is 9.11. The first kappa shape index (κ1) is 11.2. The number of rotatable bonds is 1. The van der Waals surface area contributed by atoms with Crippen LogP contribution in [0.2, 0.25) is 0 Å². The molecule has 1 aliphatic heterocycles. The van der Waals surface area contributed by atoms with E-state index in [-0.39, 0.29) is 0 Å². The van der Waals surface area contributed by atoms with Crippen molar-refractivity contribution in [2.24, 2.45) is 0 Å². The molecule has 0 saturated heterocycles. The molecule has 4 heteroatoms. The van der Waals surface area contributed by atoms with Crippen molar-refractivity contribution >= 4 is 37.9 Å². The van der Waals surface area contributed by atoms with Gasteiger partial charge in [0.1, 0.15) is 5.75 Å². The van der Waals surface area contributed by atoms with Gasteiger partial charge in [-0.3, -0.25) is 0 Å². The summed E-state index contributed by atoms with van der Waals surface area (Å²) in [7, 11) is 0. The van der Waals surface area contributed by atoms with E-state index < -0.39 is 6.29 Å². The average Bonchev–Trinajstić information content (AvgIpc) is 2.18. The summed E-state index contributed by atoms with van der Waals surface area (Å²) in [5.41, 5.74) is 1.88. The second-order valence-corrected chi connectivity index (χ2v) is 5.12. The van der Waals surface area contributed by atoms with Crippen molar-refractivity contribution in [2.45, 2.75) is 19.6 Å². The minimum atomic E-state index is -0.819. The molecular formula is C11H10Br2O2. The van der Waals surface area contributed by atoms with Crippen LogP contribution in [0.25, 0.3) is 6.08 Å². The first-order valence-electron chi connectivity index (χ1n) is 4.66. The fourth-order valence-electron chi connectivity index (χ4n) is 1.55. The molecule has 1 aromatic rings. The maximum Gasteiger partial charge on any atom is 0.220 e. The third-order valence-corrected chi connectivity index (χ3v) is 3.38. The van der Waals surface area contributed by atoms with Gasteiger partial charge in [-0.25, -0.2) is 0 Å². The van der Waals surface area contributed by atoms with Gasteiger partial charge in [0, 0.05) is 10.0 Å². The van der Waals surface area contributed by atoms with Gasteiger partial charge in [0.05, 0.1) is 4.47 Å². The molecule has 1 atom stereocenters. The van der Waals surface area contributed by atoms with E-state index in [4.69, 9.17) is 4.74 Å². The van der Waals surface area contributed by atoms with E-state index in [9.17, 15) is 5.11 Å². The first-order chi connectivity index (χ1) is 7.11. The van der Waals surface area contributed by atoms with Crippen LogP contribution in [0.5, 0.6) is 5.75 Å². The Morgan fingerprint density at radius 1 is 1.40 bits per heavy atom. The molecular weight excluding hydrogens is 324 g/mol. The van der Waals surface area contributed by atoms with Crippen molar-refractivity contribution in [1.82, 2.24) is 0 Å². The molecule has 2 rings (SSSR count). The van der Waals surface area contributed by atoms with Crippen molar-refractivity contribution < 1.29 is 9.84 Å². The molecule has 0 saturated carbocycles. The Morgan fingerprint density at radius 2 is 2.13 bits per heavy atom. The van der Waals surface area contributed by atoms with E-state index in [1.807, 2.05) is 25.1 Å². The van der Waals surface area contributed by atoms with Crippen LogP contribution in [0.4, 0.5) is 0 Å². The van der Waals surface area contributed by atoms with E-state index in [2.05, 4.69) is 31.9 Å². The summed E-state index contributed by atoms with van der Waals surface area (Å²) < 4.78 is 7.27. The molecule has 0 bridgehead atoms. The van der Waals surface area contributed by atoms with Crippen molar-refractivity contribution in [3.05, 3.63) is 32.2 Å². The molecule has 80 valence electrons. The Kier molecular flexibility index (Phi) is 3.19. The van der Waals surface area contributed by atoms with Gasteiger partial charge in [0.15, 0.2) is 0 Å². The summed E-state index contributed by atoms with van der Waals surface area (Å²) in [6.07, 6.45) is 1.93. The number of halogens is 2. The molecule has 1 aliphatic rings. The van der Waals surface area contributed by atoms with Crippen LogP contribution in [-0.2, 0) is 0 Å². The first-order valence-corrected chi connectivity index (χ1v) is 6.24. The summed E-state index contributed by atoms with van der Waals surface area (Å²) in [4.78, 5) is 0. The SMILES string of the molecule is CCC1=Cc2cc(Br)cc(Br)c2OC1O. The number of hydrogen-bond acceptors (Lipinski definition) is 2. The lowest BCUT2D eigenvalue weighted by atomic mass is 10.0. The number of ether oxygens (including phenoxy) is 1. The van der Waals surface area contributed by atoms with Gasteiger partial charge in [-0.15, -0.1) is 0 Å². The molecule has 1 aromatic carbocycles. The molecule has 0 aliphatic carbocycles. The summed E-state index contributed by atoms with van der Waals surface area (Å²) >= 11 is 6.83. The van der Waals surface area contributed by atoms with Gasteiger partial charge in [0.25, 0.3) is 0 Å². The lowest BCUT2D eigenvalue weighted by Gasteiger charge is -2.23. The second kappa shape index (κ2) is 4.28. The van der Waals surface area contributed by atoms with Crippen LogP contribution >= 0.6 is 31.9 Å². The highest BCUT2D eigenvalue weighted by Crippen LogP contribution is 2.38. The number of aliphatic hydroxyl groups is 1. The molecule has 0 spiro atoms.